The molecule has 6 nitrogen and oxygen atoms in total. The third-order valence-electron chi connectivity index (χ3n) is 1.47. The van der Waals surface area contributed by atoms with Crippen molar-refractivity contribution in [2.45, 2.75) is 13.8 Å². The summed E-state index contributed by atoms with van der Waals surface area (Å²) in [6.07, 6.45) is 0. The number of anilines is 1. The zero-order valence-electron chi connectivity index (χ0n) is 7.75. The number of nitrogens with one attached hydrogen (secondary N) is 2. The molecule has 14 heavy (non-hydrogen) atoms. The van der Waals surface area contributed by atoms with Gasteiger partial charge >= 0.3 is 6.03 Å². The minimum atomic E-state index is -0.561. The first-order chi connectivity index (χ1) is 6.54. The molecule has 1 heterocycles. The molecule has 2 amide bonds. The van der Waals surface area contributed by atoms with E-state index in [1.54, 1.807) is 6.92 Å². The lowest BCUT2D eigenvalue weighted by Crippen LogP contribution is -2.34. The fraction of sp³-hybridized carbons (Fsp3) is 0.286. The Kier molecular flexibility index (Phi) is 3.15. The van der Waals surface area contributed by atoms with E-state index in [-0.39, 0.29) is 5.78 Å². The number of hydrazine groups is 1. The van der Waals surface area contributed by atoms with Crippen LogP contribution >= 0.6 is 11.3 Å². The summed E-state index contributed by atoms with van der Waals surface area (Å²) >= 11 is 1.12. The molecular weight excluding hydrogens is 204 g/mol. The average Bonchev–Trinajstić information content (AvgIpc) is 2.46. The number of hydrogen-bond acceptors (Lipinski definition) is 5. The molecule has 0 saturated heterocycles. The van der Waals surface area contributed by atoms with Gasteiger partial charge in [0.15, 0.2) is 10.9 Å². The molecule has 0 aliphatic heterocycles. The highest BCUT2D eigenvalue weighted by Crippen LogP contribution is 2.22. The van der Waals surface area contributed by atoms with Gasteiger partial charge in [0.25, 0.3) is 0 Å². The number of carbonyl (C=O) groups excluding carboxylic acids is 2. The molecule has 0 saturated carbocycles. The van der Waals surface area contributed by atoms with E-state index in [4.69, 9.17) is 5.84 Å². The highest BCUT2D eigenvalue weighted by atomic mass is 32.1. The SMILES string of the molecule is CC(=O)c1sc(NC(=O)NN)nc1C. The molecule has 7 heteroatoms. The summed E-state index contributed by atoms with van der Waals surface area (Å²) < 4.78 is 0. The average molecular weight is 214 g/mol. The third-order valence-corrected chi connectivity index (χ3v) is 2.64. The molecule has 0 aliphatic carbocycles. The maximum Gasteiger partial charge on any atom is 0.335 e. The van der Waals surface area contributed by atoms with E-state index in [9.17, 15) is 9.59 Å². The predicted molar refractivity (Wildman–Crippen MR) is 53.2 cm³/mol. The monoisotopic (exact) mass is 214 g/mol. The number of hydrogen-bond donors (Lipinski definition) is 3. The Balaban J connectivity index is 2.86. The Bertz CT molecular complexity index is 374. The first-order valence-corrected chi connectivity index (χ1v) is 4.62. The molecular formula is C7H10N4O2S. The maximum atomic E-state index is 11.1. The van der Waals surface area contributed by atoms with Crippen LogP contribution in [0, 0.1) is 6.92 Å². The first kappa shape index (κ1) is 10.6. The Hall–Kier alpha value is -1.47. The molecule has 0 unspecified atom stereocenters. The number of amides is 2. The molecule has 76 valence electrons. The van der Waals surface area contributed by atoms with Crippen LogP contribution in [0.25, 0.3) is 0 Å². The van der Waals surface area contributed by atoms with Crippen molar-refractivity contribution >= 4 is 28.3 Å². The number of thiazole rings is 1. The Morgan fingerprint density at radius 1 is 1.50 bits per heavy atom. The lowest BCUT2D eigenvalue weighted by Gasteiger charge is -1.97. The fourth-order valence-corrected chi connectivity index (χ4v) is 1.77. The predicted octanol–water partition coefficient (Wildman–Crippen LogP) is 0.649. The highest BCUT2D eigenvalue weighted by molar-refractivity contribution is 7.17. The standard InChI is InChI=1S/C7H10N4O2S/c1-3-5(4(2)12)14-7(9-3)10-6(13)11-8/h8H2,1-2H3,(H2,9,10,11,13). The minimum absolute atomic E-state index is 0.0683. The van der Waals surface area contributed by atoms with E-state index in [0.29, 0.717) is 15.7 Å². The van der Waals surface area contributed by atoms with Gasteiger partial charge in [-0.05, 0) is 6.92 Å². The van der Waals surface area contributed by atoms with Crippen molar-refractivity contribution < 1.29 is 9.59 Å². The van der Waals surface area contributed by atoms with Crippen molar-refractivity contribution in [1.82, 2.24) is 10.4 Å². The molecule has 0 radical (unpaired) electrons. The number of aromatic nitrogens is 1. The number of nitrogens with two attached hydrogens (primary N) is 1. The Labute approximate surface area is 84.5 Å². The van der Waals surface area contributed by atoms with Crippen LogP contribution < -0.4 is 16.6 Å². The summed E-state index contributed by atoms with van der Waals surface area (Å²) in [7, 11) is 0. The number of urea groups is 1. The van der Waals surface area contributed by atoms with Crippen LogP contribution in [0.3, 0.4) is 0 Å². The second-order valence-corrected chi connectivity index (χ2v) is 3.59. The van der Waals surface area contributed by atoms with E-state index in [1.165, 1.54) is 6.92 Å². The molecule has 0 atom stereocenters. The highest BCUT2D eigenvalue weighted by Gasteiger charge is 2.12. The van der Waals surface area contributed by atoms with Gasteiger partial charge in [0.1, 0.15) is 0 Å². The smallest absolute Gasteiger partial charge is 0.294 e. The van der Waals surface area contributed by atoms with Crippen molar-refractivity contribution in [2.75, 3.05) is 5.32 Å². The zero-order valence-corrected chi connectivity index (χ0v) is 8.57. The molecule has 0 aromatic carbocycles. The summed E-state index contributed by atoms with van der Waals surface area (Å²) in [4.78, 5) is 26.4. The van der Waals surface area contributed by atoms with Gasteiger partial charge < -0.3 is 0 Å². The zero-order chi connectivity index (χ0) is 10.7. The van der Waals surface area contributed by atoms with Gasteiger partial charge in [0.2, 0.25) is 0 Å². The van der Waals surface area contributed by atoms with Crippen molar-refractivity contribution in [3.8, 4) is 0 Å². The summed E-state index contributed by atoms with van der Waals surface area (Å²) in [5.74, 6) is 4.80. The van der Waals surface area contributed by atoms with E-state index < -0.39 is 6.03 Å². The van der Waals surface area contributed by atoms with Crippen molar-refractivity contribution in [1.29, 1.82) is 0 Å². The largest absolute Gasteiger partial charge is 0.335 e. The van der Waals surface area contributed by atoms with E-state index in [0.717, 1.165) is 11.3 Å². The van der Waals surface area contributed by atoms with Gasteiger partial charge in [-0.2, -0.15) is 0 Å². The topological polar surface area (TPSA) is 97.1 Å². The van der Waals surface area contributed by atoms with Gasteiger partial charge in [0.05, 0.1) is 10.6 Å². The summed E-state index contributed by atoms with van der Waals surface area (Å²) in [5, 5.41) is 2.74. The number of carbonyl (C=O) groups is 2. The van der Waals surface area contributed by atoms with Gasteiger partial charge in [-0.1, -0.05) is 11.3 Å². The second kappa shape index (κ2) is 4.16. The van der Waals surface area contributed by atoms with Gasteiger partial charge in [0, 0.05) is 6.92 Å². The first-order valence-electron chi connectivity index (χ1n) is 3.80. The van der Waals surface area contributed by atoms with Gasteiger partial charge in [-0.25, -0.2) is 15.6 Å². The molecule has 4 N–H and O–H groups in total. The lowest BCUT2D eigenvalue weighted by molar-refractivity contribution is 0.102. The van der Waals surface area contributed by atoms with Gasteiger partial charge in [-0.3, -0.25) is 15.5 Å². The van der Waals surface area contributed by atoms with Crippen LogP contribution in [0.15, 0.2) is 0 Å². The van der Waals surface area contributed by atoms with Crippen molar-refractivity contribution in [3.63, 3.8) is 0 Å². The van der Waals surface area contributed by atoms with Crippen molar-refractivity contribution in [3.05, 3.63) is 10.6 Å². The van der Waals surface area contributed by atoms with Crippen LogP contribution in [0.2, 0.25) is 0 Å². The normalized spacial score (nSPS) is 9.64. The van der Waals surface area contributed by atoms with Crippen LogP contribution in [0.1, 0.15) is 22.3 Å². The minimum Gasteiger partial charge on any atom is -0.294 e. The van der Waals surface area contributed by atoms with Crippen LogP contribution in [-0.2, 0) is 0 Å². The maximum absolute atomic E-state index is 11.1. The van der Waals surface area contributed by atoms with E-state index in [2.05, 4.69) is 10.3 Å². The molecule has 1 aromatic rings. The number of aryl methyl sites for hydroxylation is 1. The third kappa shape index (κ3) is 2.27. The number of rotatable bonds is 2. The van der Waals surface area contributed by atoms with E-state index >= 15 is 0 Å². The Morgan fingerprint density at radius 2 is 2.14 bits per heavy atom. The molecule has 1 aromatic heterocycles. The molecule has 0 spiro atoms. The molecule has 0 aliphatic rings. The number of nitrogens with zero attached hydrogens (tertiary/aromatic N) is 1. The summed E-state index contributed by atoms with van der Waals surface area (Å²) in [5.41, 5.74) is 2.51. The second-order valence-electron chi connectivity index (χ2n) is 2.59. The van der Waals surface area contributed by atoms with Gasteiger partial charge in [-0.15, -0.1) is 0 Å². The van der Waals surface area contributed by atoms with Crippen LogP contribution in [-0.4, -0.2) is 16.8 Å². The molecule has 1 rings (SSSR count). The fourth-order valence-electron chi connectivity index (χ4n) is 0.910. The van der Waals surface area contributed by atoms with Crippen LogP contribution in [0.4, 0.5) is 9.93 Å². The quantitative estimate of drug-likeness (QED) is 0.291. The number of Topliss-reactive ketones (excluding diaryl/α,β-unsaturated/α-hetero) is 1. The Morgan fingerprint density at radius 3 is 2.57 bits per heavy atom. The number of ketones is 1. The molecule has 0 fully saturated rings. The molecule has 0 bridgehead atoms. The lowest BCUT2D eigenvalue weighted by atomic mass is 10.3. The summed E-state index contributed by atoms with van der Waals surface area (Å²) in [6, 6.07) is -0.561. The van der Waals surface area contributed by atoms with E-state index in [1.807, 2.05) is 5.43 Å². The van der Waals surface area contributed by atoms with Crippen LogP contribution in [0.5, 0.6) is 0 Å². The summed E-state index contributed by atoms with van der Waals surface area (Å²) in [6.45, 7) is 3.16. The van der Waals surface area contributed by atoms with Crippen molar-refractivity contribution in [2.24, 2.45) is 5.84 Å².